The SMILES string of the molecule is Cc1nc(CN(C)C(=O)c2cn(C)nc2[C@H]2CCOC2)cs1. The van der Waals surface area contributed by atoms with Crippen molar-refractivity contribution in [3.05, 3.63) is 33.5 Å². The molecule has 2 aromatic heterocycles. The quantitative estimate of drug-likeness (QED) is 0.864. The smallest absolute Gasteiger partial charge is 0.257 e. The van der Waals surface area contributed by atoms with Crippen LogP contribution < -0.4 is 0 Å². The molecule has 1 atom stereocenters. The number of aryl methyl sites for hydroxylation is 2. The summed E-state index contributed by atoms with van der Waals surface area (Å²) in [6, 6.07) is 0. The van der Waals surface area contributed by atoms with Crippen LogP contribution in [0.1, 0.15) is 39.1 Å². The van der Waals surface area contributed by atoms with Crippen LogP contribution in [0.25, 0.3) is 0 Å². The van der Waals surface area contributed by atoms with Gasteiger partial charge in [0.05, 0.1) is 35.1 Å². The first-order chi connectivity index (χ1) is 10.5. The molecule has 6 nitrogen and oxygen atoms in total. The van der Waals surface area contributed by atoms with E-state index in [1.54, 1.807) is 34.2 Å². The fraction of sp³-hybridized carbons (Fsp3) is 0.533. The minimum absolute atomic E-state index is 0.0133. The van der Waals surface area contributed by atoms with Gasteiger partial charge in [0.1, 0.15) is 0 Å². The number of aromatic nitrogens is 3. The Morgan fingerprint density at radius 3 is 3.05 bits per heavy atom. The van der Waals surface area contributed by atoms with E-state index in [2.05, 4.69) is 10.1 Å². The Labute approximate surface area is 133 Å². The first-order valence-corrected chi connectivity index (χ1v) is 8.20. The van der Waals surface area contributed by atoms with Gasteiger partial charge in [-0.15, -0.1) is 11.3 Å². The van der Waals surface area contributed by atoms with Gasteiger partial charge >= 0.3 is 0 Å². The molecule has 1 fully saturated rings. The van der Waals surface area contributed by atoms with Gasteiger partial charge in [0.25, 0.3) is 5.91 Å². The highest BCUT2D eigenvalue weighted by Crippen LogP contribution is 2.27. The van der Waals surface area contributed by atoms with E-state index in [0.717, 1.165) is 29.4 Å². The van der Waals surface area contributed by atoms with Crippen LogP contribution >= 0.6 is 11.3 Å². The van der Waals surface area contributed by atoms with E-state index in [4.69, 9.17) is 4.74 Å². The molecule has 0 unspecified atom stereocenters. The highest BCUT2D eigenvalue weighted by molar-refractivity contribution is 7.09. The van der Waals surface area contributed by atoms with E-state index < -0.39 is 0 Å². The van der Waals surface area contributed by atoms with E-state index in [9.17, 15) is 4.79 Å². The summed E-state index contributed by atoms with van der Waals surface area (Å²) in [7, 11) is 3.65. The second-order valence-corrected chi connectivity index (χ2v) is 6.74. The number of carbonyl (C=O) groups is 1. The molecule has 118 valence electrons. The number of hydrogen-bond acceptors (Lipinski definition) is 5. The van der Waals surface area contributed by atoms with Crippen LogP contribution in [0.15, 0.2) is 11.6 Å². The van der Waals surface area contributed by atoms with E-state index in [1.165, 1.54) is 0 Å². The summed E-state index contributed by atoms with van der Waals surface area (Å²) in [6.07, 6.45) is 2.73. The Hall–Kier alpha value is -1.73. The highest BCUT2D eigenvalue weighted by Gasteiger charge is 2.28. The van der Waals surface area contributed by atoms with Crippen molar-refractivity contribution in [2.24, 2.45) is 7.05 Å². The van der Waals surface area contributed by atoms with Gasteiger partial charge in [-0.2, -0.15) is 5.10 Å². The lowest BCUT2D eigenvalue weighted by atomic mass is 10.0. The second kappa shape index (κ2) is 6.18. The monoisotopic (exact) mass is 320 g/mol. The molecule has 1 amide bonds. The number of thiazole rings is 1. The molecule has 0 radical (unpaired) electrons. The van der Waals surface area contributed by atoms with Crippen molar-refractivity contribution >= 4 is 17.2 Å². The number of ether oxygens (including phenoxy) is 1. The minimum atomic E-state index is -0.0133. The predicted octanol–water partition coefficient (Wildman–Crippen LogP) is 1.96. The molecule has 0 bridgehead atoms. The Morgan fingerprint density at radius 1 is 1.59 bits per heavy atom. The third-order valence-corrected chi connectivity index (χ3v) is 4.64. The van der Waals surface area contributed by atoms with Crippen LogP contribution in [0, 0.1) is 6.92 Å². The van der Waals surface area contributed by atoms with Gasteiger partial charge in [-0.3, -0.25) is 9.48 Å². The molecule has 2 aromatic rings. The van der Waals surface area contributed by atoms with Crippen LogP contribution in [0.4, 0.5) is 0 Å². The summed E-state index contributed by atoms with van der Waals surface area (Å²) >= 11 is 1.60. The molecule has 22 heavy (non-hydrogen) atoms. The molecule has 7 heteroatoms. The van der Waals surface area contributed by atoms with Gasteiger partial charge in [-0.05, 0) is 13.3 Å². The van der Waals surface area contributed by atoms with Gasteiger partial charge in [-0.1, -0.05) is 0 Å². The Morgan fingerprint density at radius 2 is 2.41 bits per heavy atom. The van der Waals surface area contributed by atoms with Crippen molar-refractivity contribution in [2.45, 2.75) is 25.8 Å². The number of nitrogens with zero attached hydrogens (tertiary/aromatic N) is 4. The largest absolute Gasteiger partial charge is 0.381 e. The average Bonchev–Trinajstić information content (AvgIpc) is 3.18. The lowest BCUT2D eigenvalue weighted by molar-refractivity contribution is 0.0781. The average molecular weight is 320 g/mol. The Kier molecular flexibility index (Phi) is 4.26. The fourth-order valence-electron chi connectivity index (χ4n) is 2.72. The summed E-state index contributed by atoms with van der Waals surface area (Å²) in [4.78, 5) is 18.9. The van der Waals surface area contributed by atoms with Gasteiger partial charge < -0.3 is 9.64 Å². The van der Waals surface area contributed by atoms with E-state index >= 15 is 0 Å². The Balaban J connectivity index is 1.79. The normalized spacial score (nSPS) is 17.9. The first kappa shape index (κ1) is 15.2. The van der Waals surface area contributed by atoms with Crippen molar-refractivity contribution in [1.29, 1.82) is 0 Å². The Bertz CT molecular complexity index is 673. The zero-order chi connectivity index (χ0) is 15.7. The van der Waals surface area contributed by atoms with E-state index in [0.29, 0.717) is 18.7 Å². The van der Waals surface area contributed by atoms with Crippen molar-refractivity contribution in [3.8, 4) is 0 Å². The lowest BCUT2D eigenvalue weighted by Gasteiger charge is -2.16. The highest BCUT2D eigenvalue weighted by atomic mass is 32.1. The maximum absolute atomic E-state index is 12.8. The van der Waals surface area contributed by atoms with Crippen molar-refractivity contribution in [2.75, 3.05) is 20.3 Å². The third kappa shape index (κ3) is 3.05. The van der Waals surface area contributed by atoms with Crippen molar-refractivity contribution < 1.29 is 9.53 Å². The molecular formula is C15H20N4O2S. The lowest BCUT2D eigenvalue weighted by Crippen LogP contribution is -2.27. The van der Waals surface area contributed by atoms with Crippen molar-refractivity contribution in [3.63, 3.8) is 0 Å². The van der Waals surface area contributed by atoms with Crippen LogP contribution in [-0.2, 0) is 18.3 Å². The van der Waals surface area contributed by atoms with E-state index in [1.807, 2.05) is 19.4 Å². The van der Waals surface area contributed by atoms with Crippen LogP contribution in [0.5, 0.6) is 0 Å². The topological polar surface area (TPSA) is 60.2 Å². The summed E-state index contributed by atoms with van der Waals surface area (Å²) < 4.78 is 7.14. The molecule has 0 N–H and O–H groups in total. The summed E-state index contributed by atoms with van der Waals surface area (Å²) in [5.74, 6) is 0.204. The molecule has 0 saturated carbocycles. The second-order valence-electron chi connectivity index (χ2n) is 5.68. The number of amides is 1. The van der Waals surface area contributed by atoms with E-state index in [-0.39, 0.29) is 11.8 Å². The molecule has 1 aliphatic heterocycles. The summed E-state index contributed by atoms with van der Waals surface area (Å²) in [6.45, 7) is 3.86. The molecule has 1 saturated heterocycles. The number of rotatable bonds is 4. The predicted molar refractivity (Wildman–Crippen MR) is 84.0 cm³/mol. The van der Waals surface area contributed by atoms with Crippen LogP contribution in [0.2, 0.25) is 0 Å². The van der Waals surface area contributed by atoms with Gasteiger partial charge in [-0.25, -0.2) is 4.98 Å². The van der Waals surface area contributed by atoms with Gasteiger partial charge in [0.15, 0.2) is 0 Å². The maximum Gasteiger partial charge on any atom is 0.257 e. The number of carbonyl (C=O) groups excluding carboxylic acids is 1. The zero-order valence-corrected chi connectivity index (χ0v) is 13.9. The van der Waals surface area contributed by atoms with Gasteiger partial charge in [0, 0.05) is 38.2 Å². The zero-order valence-electron chi connectivity index (χ0n) is 13.1. The molecule has 0 aromatic carbocycles. The molecule has 1 aliphatic rings. The first-order valence-electron chi connectivity index (χ1n) is 7.32. The molecule has 0 aliphatic carbocycles. The van der Waals surface area contributed by atoms with Crippen LogP contribution in [0.3, 0.4) is 0 Å². The fourth-order valence-corrected chi connectivity index (χ4v) is 3.33. The maximum atomic E-state index is 12.8. The molecule has 3 heterocycles. The molecular weight excluding hydrogens is 300 g/mol. The van der Waals surface area contributed by atoms with Gasteiger partial charge in [0.2, 0.25) is 0 Å². The molecule has 3 rings (SSSR count). The minimum Gasteiger partial charge on any atom is -0.381 e. The van der Waals surface area contributed by atoms with Crippen LogP contribution in [-0.4, -0.2) is 45.8 Å². The summed E-state index contributed by atoms with van der Waals surface area (Å²) in [5, 5.41) is 7.49. The molecule has 0 spiro atoms. The third-order valence-electron chi connectivity index (χ3n) is 3.82. The van der Waals surface area contributed by atoms with Crippen molar-refractivity contribution in [1.82, 2.24) is 19.7 Å². The number of hydrogen-bond donors (Lipinski definition) is 0. The summed E-state index contributed by atoms with van der Waals surface area (Å²) in [5.41, 5.74) is 2.45. The standard InChI is InChI=1S/C15H20N4O2S/c1-10-16-12(9-22-10)6-18(2)15(20)13-7-19(3)17-14(13)11-4-5-21-8-11/h7,9,11H,4-6,8H2,1-3H3/t11-/m0/s1.